The third-order valence-corrected chi connectivity index (χ3v) is 7.45. The van der Waals surface area contributed by atoms with Crippen LogP contribution in [0.25, 0.3) is 16.5 Å². The number of rotatable bonds is 9. The van der Waals surface area contributed by atoms with E-state index in [0.29, 0.717) is 16.1 Å². The number of fused-ring (bicyclic) bond motifs is 1. The third kappa shape index (κ3) is 8.27. The van der Waals surface area contributed by atoms with Gasteiger partial charge < -0.3 is 4.98 Å². The van der Waals surface area contributed by atoms with E-state index in [9.17, 15) is 8.78 Å². The molecule has 1 atom stereocenters. The number of H-pyrrole nitrogens is 1. The Bertz CT molecular complexity index is 1530. The molecule has 4 aromatic rings. The van der Waals surface area contributed by atoms with Gasteiger partial charge in [0.15, 0.2) is 11.6 Å². The second kappa shape index (κ2) is 15.5. The summed E-state index contributed by atoms with van der Waals surface area (Å²) in [5.41, 5.74) is 7.19. The van der Waals surface area contributed by atoms with E-state index in [-0.39, 0.29) is 5.92 Å². The number of hydrogen-bond acceptors (Lipinski definition) is 1. The van der Waals surface area contributed by atoms with Crippen molar-refractivity contribution in [3.63, 3.8) is 0 Å². The van der Waals surface area contributed by atoms with E-state index >= 15 is 0 Å². The van der Waals surface area contributed by atoms with Gasteiger partial charge in [-0.1, -0.05) is 93.4 Å². The number of aromatic amines is 1. The van der Waals surface area contributed by atoms with E-state index in [4.69, 9.17) is 11.6 Å². The van der Waals surface area contributed by atoms with Crippen LogP contribution in [0.4, 0.5) is 8.78 Å². The van der Waals surface area contributed by atoms with Gasteiger partial charge in [0.05, 0.1) is 0 Å². The Morgan fingerprint density at radius 3 is 2.41 bits per heavy atom. The number of nitrogens with one attached hydrogen (secondary N) is 1. The number of benzene rings is 3. The predicted molar refractivity (Wildman–Crippen MR) is 173 cm³/mol. The van der Waals surface area contributed by atoms with Crippen LogP contribution in [-0.2, 0) is 6.42 Å². The summed E-state index contributed by atoms with van der Waals surface area (Å²) in [5.74, 6) is -1.79. The second-order valence-electron chi connectivity index (χ2n) is 10.3. The zero-order valence-corrected chi connectivity index (χ0v) is 25.7. The molecule has 0 fully saturated rings. The summed E-state index contributed by atoms with van der Waals surface area (Å²) >= 11 is 6.17. The molecule has 0 unspecified atom stereocenters. The van der Waals surface area contributed by atoms with E-state index in [1.54, 1.807) is 19.1 Å². The lowest BCUT2D eigenvalue weighted by atomic mass is 9.91. The molecule has 0 aliphatic rings. The first-order valence-electron chi connectivity index (χ1n) is 14.4. The highest BCUT2D eigenvalue weighted by atomic mass is 35.5. The van der Waals surface area contributed by atoms with E-state index in [2.05, 4.69) is 48.1 Å². The summed E-state index contributed by atoms with van der Waals surface area (Å²) in [5, 5.41) is 1.74. The summed E-state index contributed by atoms with van der Waals surface area (Å²) in [6.07, 6.45) is 10.1. The fraction of sp³-hybridized carbons (Fsp3) is 0.306. The van der Waals surface area contributed by atoms with Crippen LogP contribution in [0.3, 0.4) is 0 Å². The Hall–Kier alpha value is -3.50. The molecule has 2 nitrogen and oxygen atoms in total. The monoisotopic (exact) mass is 574 g/mol. The summed E-state index contributed by atoms with van der Waals surface area (Å²) < 4.78 is 28.5. The van der Waals surface area contributed by atoms with Gasteiger partial charge in [-0.05, 0) is 86.1 Å². The highest BCUT2D eigenvalue weighted by molar-refractivity contribution is 6.31. The number of allylic oxidation sites excluding steroid dienone is 4. The Kier molecular flexibility index (Phi) is 12.1. The summed E-state index contributed by atoms with van der Waals surface area (Å²) in [6, 6.07) is 19.3. The fourth-order valence-corrected chi connectivity index (χ4v) is 5.02. The first-order valence-corrected chi connectivity index (χ1v) is 14.8. The minimum atomic E-state index is -0.765. The zero-order chi connectivity index (χ0) is 29.9. The van der Waals surface area contributed by atoms with Crippen LogP contribution in [0.15, 0.2) is 83.5 Å². The topological polar surface area (TPSA) is 28.1 Å². The molecule has 4 rings (SSSR count). The maximum absolute atomic E-state index is 14.5. The van der Waals surface area contributed by atoms with Crippen molar-refractivity contribution < 1.29 is 8.78 Å². The van der Waals surface area contributed by atoms with E-state index in [0.717, 1.165) is 59.1 Å². The molecule has 1 N–H and O–H groups in total. The summed E-state index contributed by atoms with van der Waals surface area (Å²) in [6.45, 7) is 11.8. The molecule has 0 aliphatic heterocycles. The zero-order valence-electron chi connectivity index (χ0n) is 25.0. The van der Waals surface area contributed by atoms with Gasteiger partial charge in [-0.15, -0.1) is 0 Å². The maximum atomic E-state index is 14.5. The molecule has 0 bridgehead atoms. The van der Waals surface area contributed by atoms with Crippen molar-refractivity contribution in [2.45, 2.75) is 73.1 Å². The van der Waals surface area contributed by atoms with E-state index in [1.165, 1.54) is 5.56 Å². The normalized spacial score (nSPS) is 13.0. The molecule has 216 valence electrons. The molecule has 0 amide bonds. The molecule has 0 aliphatic carbocycles. The molecule has 0 spiro atoms. The number of aliphatic imine (C=N–C) groups is 1. The average molecular weight is 575 g/mol. The van der Waals surface area contributed by atoms with Crippen LogP contribution in [0.5, 0.6) is 0 Å². The number of nitrogens with zero attached hydrogens (tertiary/aromatic N) is 1. The van der Waals surface area contributed by atoms with Crippen molar-refractivity contribution in [3.05, 3.63) is 123 Å². The van der Waals surface area contributed by atoms with E-state index in [1.807, 2.05) is 63.4 Å². The molecule has 0 radical (unpaired) electrons. The quantitative estimate of drug-likeness (QED) is 0.193. The summed E-state index contributed by atoms with van der Waals surface area (Å²) in [4.78, 5) is 7.84. The minimum Gasteiger partial charge on any atom is -0.358 e. The second-order valence-corrected chi connectivity index (χ2v) is 10.7. The third-order valence-electron chi connectivity index (χ3n) is 7.21. The Morgan fingerprint density at radius 1 is 1.02 bits per heavy atom. The largest absolute Gasteiger partial charge is 0.358 e. The lowest BCUT2D eigenvalue weighted by Gasteiger charge is -2.15. The van der Waals surface area contributed by atoms with Crippen molar-refractivity contribution in [3.8, 4) is 0 Å². The first-order chi connectivity index (χ1) is 19.7. The van der Waals surface area contributed by atoms with Gasteiger partial charge in [-0.2, -0.15) is 0 Å². The van der Waals surface area contributed by atoms with Crippen molar-refractivity contribution in [1.82, 2.24) is 4.98 Å². The van der Waals surface area contributed by atoms with Crippen LogP contribution >= 0.6 is 11.6 Å². The first kappa shape index (κ1) is 32.0. The molecular formula is C36H41ClF2N2. The van der Waals surface area contributed by atoms with Crippen molar-refractivity contribution in [2.24, 2.45) is 4.99 Å². The number of halogens is 3. The van der Waals surface area contributed by atoms with Gasteiger partial charge >= 0.3 is 0 Å². The van der Waals surface area contributed by atoms with Gasteiger partial charge in [0, 0.05) is 39.4 Å². The number of aromatic nitrogens is 1. The van der Waals surface area contributed by atoms with Gasteiger partial charge in [0.25, 0.3) is 0 Å². The van der Waals surface area contributed by atoms with Crippen molar-refractivity contribution >= 4 is 34.3 Å². The number of unbranched alkanes of at least 4 members (excludes halogenated alkanes) is 1. The highest BCUT2D eigenvalue weighted by Crippen LogP contribution is 2.35. The van der Waals surface area contributed by atoms with Crippen LogP contribution in [0.2, 0.25) is 5.02 Å². The van der Waals surface area contributed by atoms with Gasteiger partial charge in [0.2, 0.25) is 0 Å². The van der Waals surface area contributed by atoms with Crippen molar-refractivity contribution in [2.75, 3.05) is 0 Å². The van der Waals surface area contributed by atoms with Gasteiger partial charge in [-0.3, -0.25) is 4.99 Å². The Labute approximate surface area is 248 Å². The smallest absolute Gasteiger partial charge is 0.162 e. The molecule has 5 heteroatoms. The minimum absolute atomic E-state index is 0.270. The van der Waals surface area contributed by atoms with Crippen LogP contribution in [0.1, 0.15) is 87.7 Å². The fourth-order valence-electron chi connectivity index (χ4n) is 4.85. The highest BCUT2D eigenvalue weighted by Gasteiger charge is 2.22. The molecule has 0 saturated carbocycles. The molecule has 41 heavy (non-hydrogen) atoms. The number of aryl methyl sites for hydroxylation is 2. The van der Waals surface area contributed by atoms with Crippen LogP contribution in [-0.4, -0.2) is 11.2 Å². The molecule has 3 aromatic carbocycles. The van der Waals surface area contributed by atoms with Gasteiger partial charge in [0.1, 0.15) is 0 Å². The van der Waals surface area contributed by atoms with Crippen LogP contribution in [0, 0.1) is 18.6 Å². The van der Waals surface area contributed by atoms with Crippen molar-refractivity contribution in [1.29, 1.82) is 0 Å². The Morgan fingerprint density at radius 2 is 1.76 bits per heavy atom. The summed E-state index contributed by atoms with van der Waals surface area (Å²) in [7, 11) is 0. The Balaban J connectivity index is 0.000000250. The maximum Gasteiger partial charge on any atom is 0.162 e. The SMILES string of the molecule is CCCCc1c([C@@H](C)c2ccc(C)c(F)c2F)[nH]c2ccc(Cl)cc12.C\C=C(/C=N/C(C)=C/CC)c1ccccc1. The van der Waals surface area contributed by atoms with Crippen LogP contribution < -0.4 is 0 Å². The van der Waals surface area contributed by atoms with E-state index < -0.39 is 11.6 Å². The lowest BCUT2D eigenvalue weighted by Crippen LogP contribution is -2.05. The molecule has 1 aromatic heterocycles. The number of hydrogen-bond donors (Lipinski definition) is 1. The predicted octanol–water partition coefficient (Wildman–Crippen LogP) is 11.4. The standard InChI is InChI=1S/C21H22ClF2N.C15H19N/c1-4-5-6-16-17-11-14(22)8-10-18(17)25-21(16)13(3)15-9-7-12(2)19(23)20(15)24;1-4-9-13(3)16-12-14(5-2)15-10-7-6-8-11-15/h7-11,13,25H,4-6H2,1-3H3;5-12H,4H2,1-3H3/b;13-9+,14-5+,16-12+/t13-;/m0./s1. The van der Waals surface area contributed by atoms with Gasteiger partial charge in [-0.25, -0.2) is 8.78 Å². The molecule has 1 heterocycles. The lowest BCUT2D eigenvalue weighted by molar-refractivity contribution is 0.490. The molecular weight excluding hydrogens is 534 g/mol. The average Bonchev–Trinajstić information content (AvgIpc) is 3.33. The molecule has 0 saturated heterocycles.